The Bertz CT molecular complexity index is 869. The summed E-state index contributed by atoms with van der Waals surface area (Å²) in [5, 5.41) is 7.09. The van der Waals surface area contributed by atoms with Crippen LogP contribution in [-0.4, -0.2) is 38.2 Å². The molecule has 27 heavy (non-hydrogen) atoms. The molecule has 0 bridgehead atoms. The minimum Gasteiger partial charge on any atom is -0.335 e. The van der Waals surface area contributed by atoms with Crippen molar-refractivity contribution in [2.24, 2.45) is 0 Å². The molecule has 0 radical (unpaired) electrons. The summed E-state index contributed by atoms with van der Waals surface area (Å²) in [6.07, 6.45) is 7.05. The second kappa shape index (κ2) is 8.95. The number of benzene rings is 1. The van der Waals surface area contributed by atoms with Gasteiger partial charge in [0.2, 0.25) is 0 Å². The number of rotatable bonds is 8. The average Bonchev–Trinajstić information content (AvgIpc) is 3.34. The summed E-state index contributed by atoms with van der Waals surface area (Å²) in [4.78, 5) is 19.4. The van der Waals surface area contributed by atoms with E-state index in [4.69, 9.17) is 0 Å². The van der Waals surface area contributed by atoms with E-state index in [2.05, 4.69) is 30.9 Å². The van der Waals surface area contributed by atoms with Gasteiger partial charge in [-0.15, -0.1) is 11.3 Å². The highest BCUT2D eigenvalue weighted by Crippen LogP contribution is 2.25. The molecule has 0 aliphatic heterocycles. The molecule has 0 unspecified atom stereocenters. The Morgan fingerprint density at radius 1 is 1.22 bits per heavy atom. The van der Waals surface area contributed by atoms with Gasteiger partial charge < -0.3 is 4.90 Å². The zero-order valence-electron chi connectivity index (χ0n) is 16.1. The van der Waals surface area contributed by atoms with E-state index in [9.17, 15) is 4.79 Å². The number of unbranched alkanes of at least 4 members (excludes halogenated alkanes) is 2. The van der Waals surface area contributed by atoms with Crippen LogP contribution in [-0.2, 0) is 0 Å². The number of para-hydroxylation sites is 1. The molecule has 142 valence electrons. The first-order chi connectivity index (χ1) is 13.1. The van der Waals surface area contributed by atoms with Crippen LogP contribution in [0.25, 0.3) is 16.3 Å². The summed E-state index contributed by atoms with van der Waals surface area (Å²) < 4.78 is 1.82. The third-order valence-corrected chi connectivity index (χ3v) is 5.35. The smallest absolute Gasteiger partial charge is 0.273 e. The Balaban J connectivity index is 1.76. The third-order valence-electron chi connectivity index (χ3n) is 4.46. The van der Waals surface area contributed by atoms with Crippen LogP contribution < -0.4 is 0 Å². The van der Waals surface area contributed by atoms with E-state index in [1.54, 1.807) is 6.20 Å². The van der Waals surface area contributed by atoms with E-state index >= 15 is 0 Å². The molecule has 3 rings (SSSR count). The van der Waals surface area contributed by atoms with Crippen molar-refractivity contribution in [1.82, 2.24) is 19.7 Å². The van der Waals surface area contributed by atoms with Gasteiger partial charge in [-0.25, -0.2) is 9.67 Å². The second-order valence-corrected chi connectivity index (χ2v) is 7.70. The predicted molar refractivity (Wildman–Crippen MR) is 110 cm³/mol. The van der Waals surface area contributed by atoms with Crippen molar-refractivity contribution in [3.63, 3.8) is 0 Å². The maximum absolute atomic E-state index is 12.9. The number of nitrogens with zero attached hydrogens (tertiary/aromatic N) is 4. The fraction of sp³-hybridized carbons (Fsp3) is 0.381. The van der Waals surface area contributed by atoms with E-state index in [1.165, 1.54) is 11.3 Å². The average molecular weight is 383 g/mol. The second-order valence-electron chi connectivity index (χ2n) is 6.85. The van der Waals surface area contributed by atoms with Crippen LogP contribution in [0.3, 0.4) is 0 Å². The molecule has 1 amide bonds. The lowest BCUT2D eigenvalue weighted by Gasteiger charge is -2.26. The van der Waals surface area contributed by atoms with Gasteiger partial charge in [-0.3, -0.25) is 4.79 Å². The summed E-state index contributed by atoms with van der Waals surface area (Å²) in [5.74, 6) is 0.0130. The van der Waals surface area contributed by atoms with Gasteiger partial charge in [0.15, 0.2) is 0 Å². The Hall–Kier alpha value is -2.47. The van der Waals surface area contributed by atoms with Gasteiger partial charge in [0.1, 0.15) is 10.7 Å². The van der Waals surface area contributed by atoms with Crippen LogP contribution in [0.5, 0.6) is 0 Å². The van der Waals surface area contributed by atoms with Crippen LogP contribution >= 0.6 is 11.3 Å². The molecule has 0 fully saturated rings. The van der Waals surface area contributed by atoms with Gasteiger partial charge in [0.25, 0.3) is 5.91 Å². The number of thiazole rings is 1. The fourth-order valence-corrected chi connectivity index (χ4v) is 3.70. The molecule has 0 spiro atoms. The molecule has 1 aromatic carbocycles. The molecule has 0 aliphatic rings. The zero-order valence-corrected chi connectivity index (χ0v) is 16.9. The summed E-state index contributed by atoms with van der Waals surface area (Å²) in [6.45, 7) is 7.06. The summed E-state index contributed by atoms with van der Waals surface area (Å²) in [5.41, 5.74) is 2.44. The molecule has 6 heteroatoms. The quantitative estimate of drug-likeness (QED) is 0.513. The Morgan fingerprint density at radius 2 is 2.00 bits per heavy atom. The third kappa shape index (κ3) is 4.63. The normalized spacial score (nSPS) is 11.1. The van der Waals surface area contributed by atoms with Crippen molar-refractivity contribution in [3.8, 4) is 16.3 Å². The van der Waals surface area contributed by atoms with Crippen molar-refractivity contribution >= 4 is 17.2 Å². The first-order valence-corrected chi connectivity index (χ1v) is 10.3. The molecule has 2 aromatic heterocycles. The summed E-state index contributed by atoms with van der Waals surface area (Å²) >= 11 is 1.49. The lowest BCUT2D eigenvalue weighted by atomic mass is 10.2. The largest absolute Gasteiger partial charge is 0.335 e. The first kappa shape index (κ1) is 19.3. The van der Waals surface area contributed by atoms with E-state index < -0.39 is 0 Å². The standard InChI is InChI=1S/C21H26N4OS/c1-4-5-9-12-24(16(2)3)21(26)19-15-27-20(23-19)17-13-22-25(14-17)18-10-7-6-8-11-18/h6-8,10-11,13-16H,4-5,9,12H2,1-3H3. The van der Waals surface area contributed by atoms with Gasteiger partial charge in [0.05, 0.1) is 11.9 Å². The molecular weight excluding hydrogens is 356 g/mol. The van der Waals surface area contributed by atoms with E-state index in [1.807, 2.05) is 51.5 Å². The Morgan fingerprint density at radius 3 is 2.70 bits per heavy atom. The number of carbonyl (C=O) groups is 1. The van der Waals surface area contributed by atoms with Crippen LogP contribution in [0.15, 0.2) is 48.1 Å². The van der Waals surface area contributed by atoms with E-state index in [0.29, 0.717) is 5.69 Å². The Labute approximate surface area is 164 Å². The van der Waals surface area contributed by atoms with Crippen molar-refractivity contribution in [2.75, 3.05) is 6.54 Å². The summed E-state index contributed by atoms with van der Waals surface area (Å²) in [6, 6.07) is 10.1. The number of hydrogen-bond donors (Lipinski definition) is 0. The predicted octanol–water partition coefficient (Wildman–Crippen LogP) is 5.04. The molecule has 3 aromatic rings. The van der Waals surface area contributed by atoms with Crippen molar-refractivity contribution in [2.45, 2.75) is 46.1 Å². The van der Waals surface area contributed by atoms with Crippen LogP contribution in [0, 0.1) is 0 Å². The molecule has 0 saturated heterocycles. The first-order valence-electron chi connectivity index (χ1n) is 9.47. The van der Waals surface area contributed by atoms with Crippen LogP contribution in [0.4, 0.5) is 0 Å². The van der Waals surface area contributed by atoms with Gasteiger partial charge in [-0.1, -0.05) is 38.0 Å². The number of hydrogen-bond acceptors (Lipinski definition) is 4. The highest BCUT2D eigenvalue weighted by atomic mass is 32.1. The van der Waals surface area contributed by atoms with Crippen molar-refractivity contribution in [3.05, 3.63) is 53.8 Å². The van der Waals surface area contributed by atoms with Crippen molar-refractivity contribution < 1.29 is 4.79 Å². The minimum atomic E-state index is 0.0130. The highest BCUT2D eigenvalue weighted by molar-refractivity contribution is 7.13. The molecule has 5 nitrogen and oxygen atoms in total. The maximum Gasteiger partial charge on any atom is 0.273 e. The lowest BCUT2D eigenvalue weighted by Crippen LogP contribution is -2.37. The number of amides is 1. The maximum atomic E-state index is 12.9. The Kier molecular flexibility index (Phi) is 6.40. The zero-order chi connectivity index (χ0) is 19.2. The number of aromatic nitrogens is 3. The van der Waals surface area contributed by atoms with Gasteiger partial charge >= 0.3 is 0 Å². The van der Waals surface area contributed by atoms with Crippen molar-refractivity contribution in [1.29, 1.82) is 0 Å². The van der Waals surface area contributed by atoms with Crippen LogP contribution in [0.2, 0.25) is 0 Å². The molecule has 0 saturated carbocycles. The molecule has 0 atom stereocenters. The van der Waals surface area contributed by atoms with Gasteiger partial charge in [-0.2, -0.15) is 5.10 Å². The SMILES string of the molecule is CCCCCN(C(=O)c1csc(-c2cnn(-c3ccccc3)c2)n1)C(C)C. The van der Waals surface area contributed by atoms with Gasteiger partial charge in [-0.05, 0) is 32.4 Å². The number of carbonyl (C=O) groups excluding carboxylic acids is 1. The highest BCUT2D eigenvalue weighted by Gasteiger charge is 2.21. The molecule has 0 aliphatic carbocycles. The van der Waals surface area contributed by atoms with E-state index in [-0.39, 0.29) is 11.9 Å². The summed E-state index contributed by atoms with van der Waals surface area (Å²) in [7, 11) is 0. The minimum absolute atomic E-state index is 0.0130. The topological polar surface area (TPSA) is 51.0 Å². The monoisotopic (exact) mass is 382 g/mol. The van der Waals surface area contributed by atoms with E-state index in [0.717, 1.165) is 42.1 Å². The molecule has 0 N–H and O–H groups in total. The van der Waals surface area contributed by atoms with Crippen LogP contribution in [0.1, 0.15) is 50.5 Å². The van der Waals surface area contributed by atoms with Gasteiger partial charge in [0, 0.05) is 29.7 Å². The fourth-order valence-electron chi connectivity index (χ4n) is 2.93. The molecular formula is C21H26N4OS. The molecule has 2 heterocycles. The lowest BCUT2D eigenvalue weighted by molar-refractivity contribution is 0.0697.